The molecule has 2 aromatic heterocycles. The second-order valence-electron chi connectivity index (χ2n) is 8.24. The van der Waals surface area contributed by atoms with E-state index in [1.165, 1.54) is 25.6 Å². The zero-order chi connectivity index (χ0) is 24.5. The molecule has 1 fully saturated rings. The van der Waals surface area contributed by atoms with Crippen LogP contribution in [0.4, 0.5) is 10.1 Å². The molecule has 1 aliphatic heterocycles. The van der Waals surface area contributed by atoms with Gasteiger partial charge in [-0.05, 0) is 24.6 Å². The number of hydrogen-bond acceptors (Lipinski definition) is 7. The molecule has 0 spiro atoms. The topological polar surface area (TPSA) is 98.2 Å². The molecule has 1 atom stereocenters. The molecular weight excluding hydrogens is 451 g/mol. The summed E-state index contributed by atoms with van der Waals surface area (Å²) in [5, 5.41) is 9.47. The van der Waals surface area contributed by atoms with E-state index in [4.69, 9.17) is 9.47 Å². The molecule has 4 aromatic rings. The predicted molar refractivity (Wildman–Crippen MR) is 127 cm³/mol. The van der Waals surface area contributed by atoms with Crippen molar-refractivity contribution in [2.24, 2.45) is 0 Å². The van der Waals surface area contributed by atoms with Gasteiger partial charge in [-0.25, -0.2) is 14.2 Å². The third-order valence-electron chi connectivity index (χ3n) is 6.37. The van der Waals surface area contributed by atoms with Crippen LogP contribution in [0.2, 0.25) is 0 Å². The van der Waals surface area contributed by atoms with Crippen molar-refractivity contribution < 1.29 is 13.9 Å². The molecule has 1 saturated heterocycles. The van der Waals surface area contributed by atoms with Crippen LogP contribution >= 0.6 is 0 Å². The third kappa shape index (κ3) is 3.75. The van der Waals surface area contributed by atoms with Crippen molar-refractivity contribution in [1.82, 2.24) is 19.1 Å². The second-order valence-corrected chi connectivity index (χ2v) is 8.24. The van der Waals surface area contributed by atoms with Gasteiger partial charge in [0.15, 0.2) is 11.2 Å². The summed E-state index contributed by atoms with van der Waals surface area (Å²) in [4.78, 5) is 24.2. The lowest BCUT2D eigenvalue weighted by atomic mass is 10.1. The third-order valence-corrected chi connectivity index (χ3v) is 6.37. The molecule has 0 unspecified atom stereocenters. The van der Waals surface area contributed by atoms with Crippen molar-refractivity contribution in [3.05, 3.63) is 76.2 Å². The normalized spacial score (nSPS) is 15.4. The summed E-state index contributed by atoms with van der Waals surface area (Å²) in [5.41, 5.74) is 1.99. The number of para-hydroxylation sites is 2. The summed E-state index contributed by atoms with van der Waals surface area (Å²) in [5.74, 6) is 0.489. The molecule has 10 heteroatoms. The first-order valence-electron chi connectivity index (χ1n) is 11.1. The number of nitrogens with zero attached hydrogens (tertiary/aromatic N) is 6. The van der Waals surface area contributed by atoms with Crippen LogP contribution in [0.25, 0.3) is 11.2 Å². The number of methoxy groups -OCH3 is 2. The maximum atomic E-state index is 14.7. The number of benzene rings is 2. The Bertz CT molecular complexity index is 1510. The van der Waals surface area contributed by atoms with Crippen molar-refractivity contribution >= 4 is 16.9 Å². The molecule has 9 nitrogen and oxygen atoms in total. The van der Waals surface area contributed by atoms with Crippen LogP contribution in [0.3, 0.4) is 0 Å². The quantitative estimate of drug-likeness (QED) is 0.423. The van der Waals surface area contributed by atoms with Crippen molar-refractivity contribution in [3.8, 4) is 17.7 Å². The Hall–Kier alpha value is -4.39. The SMILES string of the molecule is COc1ccccc1Cn1c(=O)n([C@@H]2CCN(c3c(F)cccc3C#N)C2)c2ncnc(OC)c21. The maximum absolute atomic E-state index is 14.7. The molecule has 0 aliphatic carbocycles. The van der Waals surface area contributed by atoms with Crippen LogP contribution < -0.4 is 20.1 Å². The number of nitriles is 1. The standard InChI is InChI=1S/C25H23FN6O3/c1-34-20-9-4-3-6-17(20)13-31-22-23(28-15-29-24(22)35-2)32(25(31)33)18-10-11-30(14-18)21-16(12-27)7-5-8-19(21)26/h3-9,15,18H,10-11,13-14H2,1-2H3/t18-/m1/s1. The van der Waals surface area contributed by atoms with Crippen LogP contribution in [0.1, 0.15) is 23.6 Å². The highest BCUT2D eigenvalue weighted by molar-refractivity contribution is 5.77. The minimum atomic E-state index is -0.459. The number of rotatable bonds is 6. The molecule has 0 saturated carbocycles. The van der Waals surface area contributed by atoms with E-state index in [0.717, 1.165) is 5.56 Å². The van der Waals surface area contributed by atoms with E-state index in [9.17, 15) is 14.4 Å². The van der Waals surface area contributed by atoms with Crippen molar-refractivity contribution in [3.63, 3.8) is 0 Å². The minimum Gasteiger partial charge on any atom is -0.496 e. The Labute approximate surface area is 200 Å². The lowest BCUT2D eigenvalue weighted by Gasteiger charge is -2.20. The molecular formula is C25H23FN6O3. The van der Waals surface area contributed by atoms with Crippen LogP contribution in [0.5, 0.6) is 11.6 Å². The van der Waals surface area contributed by atoms with Gasteiger partial charge in [0.2, 0.25) is 5.88 Å². The van der Waals surface area contributed by atoms with E-state index < -0.39 is 5.82 Å². The molecule has 5 rings (SSSR count). The first-order chi connectivity index (χ1) is 17.1. The Kier molecular flexibility index (Phi) is 5.82. The highest BCUT2D eigenvalue weighted by Crippen LogP contribution is 2.33. The van der Waals surface area contributed by atoms with Crippen LogP contribution in [0.15, 0.2) is 53.6 Å². The number of ether oxygens (including phenoxy) is 2. The monoisotopic (exact) mass is 474 g/mol. The number of aromatic nitrogens is 4. The van der Waals surface area contributed by atoms with E-state index in [1.807, 2.05) is 29.2 Å². The fraction of sp³-hybridized carbons (Fsp3) is 0.280. The van der Waals surface area contributed by atoms with Crippen molar-refractivity contribution in [2.75, 3.05) is 32.2 Å². The number of hydrogen-bond donors (Lipinski definition) is 0. The van der Waals surface area contributed by atoms with Gasteiger partial charge in [0, 0.05) is 18.7 Å². The molecule has 35 heavy (non-hydrogen) atoms. The number of imidazole rings is 1. The predicted octanol–water partition coefficient (Wildman–Crippen LogP) is 3.12. The Morgan fingerprint density at radius 2 is 1.97 bits per heavy atom. The minimum absolute atomic E-state index is 0.235. The fourth-order valence-corrected chi connectivity index (χ4v) is 4.79. The second kappa shape index (κ2) is 9.10. The van der Waals surface area contributed by atoms with Gasteiger partial charge in [-0.2, -0.15) is 10.2 Å². The van der Waals surface area contributed by atoms with Gasteiger partial charge < -0.3 is 14.4 Å². The Morgan fingerprint density at radius 1 is 1.14 bits per heavy atom. The molecule has 178 valence electrons. The van der Waals surface area contributed by atoms with Gasteiger partial charge in [0.05, 0.1) is 38.1 Å². The lowest BCUT2D eigenvalue weighted by molar-refractivity contribution is 0.399. The van der Waals surface area contributed by atoms with Gasteiger partial charge in [-0.3, -0.25) is 9.13 Å². The summed E-state index contributed by atoms with van der Waals surface area (Å²) < 4.78 is 28.8. The average Bonchev–Trinajstić information content (AvgIpc) is 3.46. The van der Waals surface area contributed by atoms with Gasteiger partial charge in [-0.15, -0.1) is 0 Å². The largest absolute Gasteiger partial charge is 0.496 e. The van der Waals surface area contributed by atoms with E-state index >= 15 is 0 Å². The Morgan fingerprint density at radius 3 is 2.74 bits per heavy atom. The van der Waals surface area contributed by atoms with E-state index in [2.05, 4.69) is 16.0 Å². The van der Waals surface area contributed by atoms with E-state index in [0.29, 0.717) is 36.4 Å². The average molecular weight is 474 g/mol. The lowest BCUT2D eigenvalue weighted by Crippen LogP contribution is -2.30. The molecule has 1 aliphatic rings. The van der Waals surface area contributed by atoms with Crippen LogP contribution in [0, 0.1) is 17.1 Å². The number of fused-ring (bicyclic) bond motifs is 1. The van der Waals surface area contributed by atoms with Crippen LogP contribution in [-0.2, 0) is 6.54 Å². The van der Waals surface area contributed by atoms with Crippen LogP contribution in [-0.4, -0.2) is 46.4 Å². The van der Waals surface area contributed by atoms with Gasteiger partial charge in [-0.1, -0.05) is 24.3 Å². The summed E-state index contributed by atoms with van der Waals surface area (Å²) in [6.45, 7) is 1.09. The van der Waals surface area contributed by atoms with Gasteiger partial charge >= 0.3 is 5.69 Å². The maximum Gasteiger partial charge on any atom is 0.331 e. The summed E-state index contributed by atoms with van der Waals surface area (Å²) in [6.07, 6.45) is 1.95. The number of halogens is 1. The first kappa shape index (κ1) is 22.4. The first-order valence-corrected chi connectivity index (χ1v) is 11.1. The van der Waals surface area contributed by atoms with E-state index in [-0.39, 0.29) is 35.4 Å². The zero-order valence-electron chi connectivity index (χ0n) is 19.3. The molecule has 2 aromatic carbocycles. The van der Waals surface area contributed by atoms with Crippen molar-refractivity contribution in [2.45, 2.75) is 19.0 Å². The van der Waals surface area contributed by atoms with E-state index in [1.54, 1.807) is 22.3 Å². The molecule has 0 radical (unpaired) electrons. The highest BCUT2D eigenvalue weighted by Gasteiger charge is 2.32. The number of anilines is 1. The molecule has 0 amide bonds. The Balaban J connectivity index is 1.60. The summed E-state index contributed by atoms with van der Waals surface area (Å²) in [6, 6.07) is 13.7. The molecule has 0 bridgehead atoms. The van der Waals surface area contributed by atoms with Gasteiger partial charge in [0.1, 0.15) is 24.0 Å². The highest BCUT2D eigenvalue weighted by atomic mass is 19.1. The zero-order valence-corrected chi connectivity index (χ0v) is 19.3. The molecule has 3 heterocycles. The fourth-order valence-electron chi connectivity index (χ4n) is 4.79. The summed E-state index contributed by atoms with van der Waals surface area (Å²) in [7, 11) is 3.08. The summed E-state index contributed by atoms with van der Waals surface area (Å²) >= 11 is 0. The molecule has 0 N–H and O–H groups in total. The smallest absolute Gasteiger partial charge is 0.331 e. The van der Waals surface area contributed by atoms with Crippen molar-refractivity contribution in [1.29, 1.82) is 5.26 Å². The van der Waals surface area contributed by atoms with Gasteiger partial charge in [0.25, 0.3) is 0 Å².